The van der Waals surface area contributed by atoms with Crippen molar-refractivity contribution in [3.05, 3.63) is 105 Å². The van der Waals surface area contributed by atoms with Gasteiger partial charge in [-0.25, -0.2) is 9.97 Å². The molecule has 4 heterocycles. The number of hydrogen-bond donors (Lipinski definition) is 3. The molecule has 5 aromatic rings. The summed E-state index contributed by atoms with van der Waals surface area (Å²) < 4.78 is 24.5. The first kappa shape index (κ1) is 53.2. The van der Waals surface area contributed by atoms with Gasteiger partial charge in [0.2, 0.25) is 23.7 Å². The van der Waals surface area contributed by atoms with Gasteiger partial charge in [0.05, 0.1) is 47.0 Å². The van der Waals surface area contributed by atoms with Gasteiger partial charge in [0, 0.05) is 68.7 Å². The maximum absolute atomic E-state index is 14.2. The number of carbonyl (C=O) groups excluding carboxylic acids is 4. The van der Waals surface area contributed by atoms with E-state index >= 15 is 0 Å². The van der Waals surface area contributed by atoms with E-state index in [9.17, 15) is 19.2 Å². The van der Waals surface area contributed by atoms with Crippen LogP contribution in [0.15, 0.2) is 82.9 Å². The third-order valence-corrected chi connectivity index (χ3v) is 15.0. The predicted octanol–water partition coefficient (Wildman–Crippen LogP) is 8.25. The van der Waals surface area contributed by atoms with Crippen molar-refractivity contribution in [1.29, 1.82) is 0 Å². The van der Waals surface area contributed by atoms with E-state index in [1.54, 1.807) is 33.4 Å². The Morgan fingerprint density at radius 1 is 0.918 bits per heavy atom. The highest BCUT2D eigenvalue weighted by molar-refractivity contribution is 9.10. The van der Waals surface area contributed by atoms with Gasteiger partial charge in [-0.15, -0.1) is 11.3 Å². The topological polar surface area (TPSA) is 190 Å². The van der Waals surface area contributed by atoms with Gasteiger partial charge >= 0.3 is 0 Å². The fraction of sp³-hybridized carbons (Fsp3) is 0.463. The van der Waals surface area contributed by atoms with Gasteiger partial charge in [-0.3, -0.25) is 19.2 Å². The summed E-state index contributed by atoms with van der Waals surface area (Å²) in [5.74, 6) is 2.17. The summed E-state index contributed by atoms with van der Waals surface area (Å²) in [4.78, 5) is 73.6. The maximum Gasteiger partial charge on any atom is 0.255 e. The normalized spacial score (nSPS) is 15.8. The third kappa shape index (κ3) is 13.7. The molecule has 0 bridgehead atoms. The lowest BCUT2D eigenvalue weighted by atomic mass is 9.84. The van der Waals surface area contributed by atoms with Crippen LogP contribution in [0.25, 0.3) is 10.4 Å². The van der Waals surface area contributed by atoms with Gasteiger partial charge in [-0.1, -0.05) is 50.6 Å². The number of nitrogens with zero attached hydrogens (tertiary/aromatic N) is 6. The Labute approximate surface area is 439 Å². The van der Waals surface area contributed by atoms with Crippen molar-refractivity contribution in [2.75, 3.05) is 77.0 Å². The molecule has 1 saturated heterocycles. The van der Waals surface area contributed by atoms with Crippen LogP contribution in [0.3, 0.4) is 0 Å². The molecule has 2 aliphatic heterocycles. The highest BCUT2D eigenvalue weighted by atomic mass is 79.9. The lowest BCUT2D eigenvalue weighted by molar-refractivity contribution is -0.143. The Morgan fingerprint density at radius 2 is 1.67 bits per heavy atom. The second-order valence-corrected chi connectivity index (χ2v) is 20.6. The number of likely N-dealkylation sites (tertiary alicyclic amines) is 1. The van der Waals surface area contributed by atoms with E-state index in [2.05, 4.69) is 46.8 Å². The standard InChI is InChI=1S/C54H66BrN9O8S/c1-35(2)47(64-33-40-10-5-6-13-43(40)52(64)67)53(68)63-23-8-14-45(63)50(65)57-31-39-16-15-38(48-36(3)59-34-73-48)30-46(39)72-29-27-70-25-24-69-26-28-71-42-19-17-41(18-20-42)60-54-58-32-44(55)49(61-54)56-21-9-22-62(4)51(66)37-11-7-12-37/h5-6,10,13,15-20,30,32,34-35,37,45,47H,7-9,11-12,14,21-29,31,33H2,1-4H3,(H,57,65)(H2,56,58,60,61)/t45-,47?/m0/s1. The number of benzene rings is 3. The number of thiazole rings is 1. The lowest BCUT2D eigenvalue weighted by Crippen LogP contribution is -2.55. The third-order valence-electron chi connectivity index (χ3n) is 13.4. The van der Waals surface area contributed by atoms with Gasteiger partial charge in [-0.2, -0.15) is 4.98 Å². The van der Waals surface area contributed by atoms with E-state index in [1.807, 2.05) is 98.9 Å². The number of anilines is 3. The van der Waals surface area contributed by atoms with E-state index in [4.69, 9.17) is 18.9 Å². The van der Waals surface area contributed by atoms with Crippen LogP contribution >= 0.6 is 27.3 Å². The molecule has 0 spiro atoms. The summed E-state index contributed by atoms with van der Waals surface area (Å²) in [6, 6.07) is 19.6. The number of ether oxygens (including phenoxy) is 4. The molecule has 3 aromatic carbocycles. The van der Waals surface area contributed by atoms with Crippen molar-refractivity contribution >= 4 is 68.3 Å². The number of fused-ring (bicyclic) bond motifs is 1. The number of nitrogens with one attached hydrogen (secondary N) is 3. The molecular weight excluding hydrogens is 1010 g/mol. The molecule has 8 rings (SSSR count). The molecule has 2 atom stereocenters. The zero-order valence-corrected chi connectivity index (χ0v) is 44.5. The summed E-state index contributed by atoms with van der Waals surface area (Å²) in [6.07, 6.45) is 6.91. The first-order chi connectivity index (χ1) is 35.4. The molecule has 388 valence electrons. The van der Waals surface area contributed by atoms with Gasteiger partial charge in [-0.05, 0) is 108 Å². The van der Waals surface area contributed by atoms with Crippen LogP contribution in [0, 0.1) is 18.8 Å². The van der Waals surface area contributed by atoms with Crippen LogP contribution < -0.4 is 25.4 Å². The highest BCUT2D eigenvalue weighted by Crippen LogP contribution is 2.34. The number of hydrogen-bond acceptors (Lipinski definition) is 14. The summed E-state index contributed by atoms with van der Waals surface area (Å²) in [7, 11) is 1.88. The molecule has 1 aliphatic carbocycles. The van der Waals surface area contributed by atoms with Crippen molar-refractivity contribution in [1.82, 2.24) is 35.0 Å². The smallest absolute Gasteiger partial charge is 0.255 e. The molecule has 17 nitrogen and oxygen atoms in total. The molecule has 3 N–H and O–H groups in total. The molecule has 0 radical (unpaired) electrons. The van der Waals surface area contributed by atoms with E-state index in [1.165, 1.54) is 0 Å². The number of amides is 4. The SMILES string of the molecule is Cc1ncsc1-c1ccc(CNC(=O)[C@@H]2CCCN2C(=O)C(C(C)C)N2Cc3ccccc3C2=O)c(OCCOCCOCCOc2ccc(Nc3ncc(Br)c(NCCCN(C)C(=O)C4CCC4)n3)cc2)c1. The monoisotopic (exact) mass is 1080 g/mol. The Bertz CT molecular complexity index is 2680. The fourth-order valence-electron chi connectivity index (χ4n) is 9.27. The van der Waals surface area contributed by atoms with Gasteiger partial charge in [0.25, 0.3) is 5.91 Å². The molecule has 4 amide bonds. The molecule has 3 aliphatic rings. The average Bonchev–Trinajstić information content (AvgIpc) is 4.12. The summed E-state index contributed by atoms with van der Waals surface area (Å²) in [6.45, 7) is 10.3. The number of aryl methyl sites for hydroxylation is 1. The van der Waals surface area contributed by atoms with E-state index in [0.29, 0.717) is 101 Å². The molecule has 19 heteroatoms. The quantitative estimate of drug-likeness (QED) is 0.0450. The molecule has 1 saturated carbocycles. The first-order valence-corrected chi connectivity index (χ1v) is 26.9. The molecule has 73 heavy (non-hydrogen) atoms. The van der Waals surface area contributed by atoms with Crippen LogP contribution in [0.5, 0.6) is 11.5 Å². The molecular formula is C54H66BrN9O8S. The number of carbonyl (C=O) groups is 4. The van der Waals surface area contributed by atoms with E-state index in [0.717, 1.165) is 63.1 Å². The van der Waals surface area contributed by atoms with Crippen LogP contribution in [0.4, 0.5) is 17.5 Å². The zero-order chi connectivity index (χ0) is 51.3. The number of rotatable bonds is 26. The van der Waals surface area contributed by atoms with Gasteiger partial charge < -0.3 is 49.6 Å². The summed E-state index contributed by atoms with van der Waals surface area (Å²) in [5, 5.41) is 9.67. The Morgan fingerprint density at radius 3 is 2.38 bits per heavy atom. The zero-order valence-electron chi connectivity index (χ0n) is 42.1. The second kappa shape index (κ2) is 25.7. The minimum atomic E-state index is -0.678. The first-order valence-electron chi connectivity index (χ1n) is 25.2. The van der Waals surface area contributed by atoms with Crippen molar-refractivity contribution in [2.24, 2.45) is 11.8 Å². The predicted molar refractivity (Wildman–Crippen MR) is 284 cm³/mol. The van der Waals surface area contributed by atoms with Crippen molar-refractivity contribution < 1.29 is 38.1 Å². The largest absolute Gasteiger partial charge is 0.491 e. The number of aromatic nitrogens is 3. The van der Waals surface area contributed by atoms with Crippen LogP contribution in [-0.2, 0) is 36.9 Å². The molecule has 2 aromatic heterocycles. The summed E-state index contributed by atoms with van der Waals surface area (Å²) in [5.41, 5.74) is 6.83. The van der Waals surface area contributed by atoms with Gasteiger partial charge in [0.1, 0.15) is 42.6 Å². The minimum absolute atomic E-state index is 0.142. The van der Waals surface area contributed by atoms with Crippen molar-refractivity contribution in [3.8, 4) is 21.9 Å². The van der Waals surface area contributed by atoms with Crippen molar-refractivity contribution in [2.45, 2.75) is 84.5 Å². The second-order valence-electron chi connectivity index (χ2n) is 18.9. The van der Waals surface area contributed by atoms with Gasteiger partial charge in [0.15, 0.2) is 0 Å². The van der Waals surface area contributed by atoms with E-state index in [-0.39, 0.29) is 48.6 Å². The Hall–Kier alpha value is -6.15. The van der Waals surface area contributed by atoms with E-state index < -0.39 is 12.1 Å². The maximum atomic E-state index is 14.2. The van der Waals surface area contributed by atoms with Crippen LogP contribution in [0.1, 0.15) is 79.6 Å². The molecule has 1 unspecified atom stereocenters. The fourth-order valence-corrected chi connectivity index (χ4v) is 10.4. The lowest BCUT2D eigenvalue weighted by Gasteiger charge is -2.35. The van der Waals surface area contributed by atoms with Crippen LogP contribution in [0.2, 0.25) is 0 Å². The Kier molecular flexibility index (Phi) is 18.7. The van der Waals surface area contributed by atoms with Crippen molar-refractivity contribution in [3.63, 3.8) is 0 Å². The highest BCUT2D eigenvalue weighted by Gasteiger charge is 2.44. The Balaban J connectivity index is 0.740. The average molecular weight is 1080 g/mol. The summed E-state index contributed by atoms with van der Waals surface area (Å²) >= 11 is 5.08. The molecule has 2 fully saturated rings. The number of halogens is 1. The van der Waals surface area contributed by atoms with Crippen LogP contribution in [-0.4, -0.2) is 132 Å². The minimum Gasteiger partial charge on any atom is -0.491 e.